The molecule has 54 heavy (non-hydrogen) atoms. The van der Waals surface area contributed by atoms with E-state index in [2.05, 4.69) is 48.9 Å². The molecule has 9 nitrogen and oxygen atoms in total. The molecule has 4 aliphatic heterocycles. The van der Waals surface area contributed by atoms with E-state index in [4.69, 9.17) is 16.6 Å². The maximum atomic E-state index is 13.4. The predicted octanol–water partition coefficient (Wildman–Crippen LogP) is 7.39. The van der Waals surface area contributed by atoms with Crippen LogP contribution in [0.5, 0.6) is 0 Å². The fraction of sp³-hybridized carbons (Fsp3) is 0.523. The number of benzene rings is 2. The second-order valence-corrected chi connectivity index (χ2v) is 17.9. The monoisotopic (exact) mass is 744 g/mol. The summed E-state index contributed by atoms with van der Waals surface area (Å²) in [6.07, 6.45) is 15.9. The molecule has 6 aliphatic rings. The Morgan fingerprint density at radius 1 is 0.870 bits per heavy atom. The summed E-state index contributed by atoms with van der Waals surface area (Å²) in [6, 6.07) is 17.1. The SMILES string of the molecule is O=C1CCC(c2ccc(N3CCC4(CC3)CN(CC3CCC(c5ccc6c(c5)-n5c(nc(=O)c7c(Cl)cccc75)C65CCCCC5)CC3)C4)cn2)C(=O)N1. The number of nitrogens with zero attached hydrogens (tertiary/aromatic N) is 5. The molecule has 10 heteroatoms. The Bertz CT molecular complexity index is 2190. The lowest BCUT2D eigenvalue weighted by Gasteiger charge is -2.55. The van der Waals surface area contributed by atoms with E-state index in [1.165, 1.54) is 81.4 Å². The fourth-order valence-corrected chi connectivity index (χ4v) is 11.6. The lowest BCUT2D eigenvalue weighted by molar-refractivity contribution is -0.134. The van der Waals surface area contributed by atoms with Gasteiger partial charge < -0.3 is 9.80 Å². The van der Waals surface area contributed by atoms with Gasteiger partial charge in [0.1, 0.15) is 5.82 Å². The van der Waals surface area contributed by atoms with Crippen LogP contribution in [0.1, 0.15) is 118 Å². The molecule has 280 valence electrons. The molecule has 1 atom stereocenters. The molecule has 2 aromatic carbocycles. The van der Waals surface area contributed by atoms with Gasteiger partial charge in [-0.25, -0.2) is 0 Å². The van der Waals surface area contributed by atoms with Gasteiger partial charge in [0.2, 0.25) is 11.8 Å². The normalized spacial score (nSPS) is 26.1. The Morgan fingerprint density at radius 3 is 2.41 bits per heavy atom. The highest BCUT2D eigenvalue weighted by Crippen LogP contribution is 2.53. The summed E-state index contributed by atoms with van der Waals surface area (Å²) in [7, 11) is 0. The summed E-state index contributed by atoms with van der Waals surface area (Å²) in [6.45, 7) is 5.73. The van der Waals surface area contributed by atoms with E-state index in [0.717, 1.165) is 67.4 Å². The van der Waals surface area contributed by atoms with Crippen molar-refractivity contribution in [3.05, 3.63) is 92.7 Å². The lowest BCUT2D eigenvalue weighted by Crippen LogP contribution is -2.61. The van der Waals surface area contributed by atoms with Gasteiger partial charge in [-0.2, -0.15) is 4.98 Å². The van der Waals surface area contributed by atoms with Crippen molar-refractivity contribution >= 4 is 40.0 Å². The van der Waals surface area contributed by atoms with Crippen molar-refractivity contribution in [2.24, 2.45) is 11.3 Å². The first-order valence-corrected chi connectivity index (χ1v) is 20.8. The third-order valence-electron chi connectivity index (χ3n) is 14.3. The summed E-state index contributed by atoms with van der Waals surface area (Å²) in [4.78, 5) is 51.8. The van der Waals surface area contributed by atoms with E-state index in [9.17, 15) is 14.4 Å². The topological polar surface area (TPSA) is 100 Å². The number of anilines is 1. The van der Waals surface area contributed by atoms with Crippen LogP contribution in [0.15, 0.2) is 59.5 Å². The minimum absolute atomic E-state index is 0.188. The Labute approximate surface area is 321 Å². The van der Waals surface area contributed by atoms with Crippen LogP contribution in [-0.2, 0) is 15.0 Å². The lowest BCUT2D eigenvalue weighted by atomic mass is 9.69. The van der Waals surface area contributed by atoms with Crippen molar-refractivity contribution < 1.29 is 9.59 Å². The van der Waals surface area contributed by atoms with Gasteiger partial charge in [-0.15, -0.1) is 0 Å². The maximum Gasteiger partial charge on any atom is 0.282 e. The Hall–Kier alpha value is -4.08. The van der Waals surface area contributed by atoms with E-state index in [-0.39, 0.29) is 28.7 Å². The quantitative estimate of drug-likeness (QED) is 0.213. The average Bonchev–Trinajstić information content (AvgIpc) is 3.43. The third kappa shape index (κ3) is 5.71. The molecule has 6 heterocycles. The van der Waals surface area contributed by atoms with Gasteiger partial charge in [0.25, 0.3) is 5.56 Å². The second-order valence-electron chi connectivity index (χ2n) is 17.4. The first-order valence-electron chi connectivity index (χ1n) is 20.4. The summed E-state index contributed by atoms with van der Waals surface area (Å²) in [5.41, 5.74) is 6.80. The van der Waals surface area contributed by atoms with Crippen molar-refractivity contribution in [2.45, 2.75) is 101 Å². The summed E-state index contributed by atoms with van der Waals surface area (Å²) in [5, 5.41) is 3.45. The molecule has 5 fully saturated rings. The number of fused-ring (bicyclic) bond motifs is 7. The van der Waals surface area contributed by atoms with Gasteiger partial charge in [0, 0.05) is 39.1 Å². The number of imide groups is 1. The molecular formula is C44H49ClN6O3. The van der Waals surface area contributed by atoms with Crippen LogP contribution in [0.4, 0.5) is 5.69 Å². The molecule has 2 spiro atoms. The molecule has 1 N–H and O–H groups in total. The van der Waals surface area contributed by atoms with Gasteiger partial charge in [0.05, 0.1) is 50.5 Å². The number of nitrogens with one attached hydrogen (secondary N) is 1. The largest absolute Gasteiger partial charge is 0.370 e. The Morgan fingerprint density at radius 2 is 1.67 bits per heavy atom. The molecule has 2 aromatic heterocycles. The molecule has 10 rings (SSSR count). The predicted molar refractivity (Wildman–Crippen MR) is 211 cm³/mol. The second kappa shape index (κ2) is 13.3. The van der Waals surface area contributed by atoms with Crippen molar-refractivity contribution in [3.63, 3.8) is 0 Å². The van der Waals surface area contributed by atoms with Crippen molar-refractivity contribution in [3.8, 4) is 5.69 Å². The maximum absolute atomic E-state index is 13.4. The van der Waals surface area contributed by atoms with E-state index in [1.807, 2.05) is 24.4 Å². The highest BCUT2D eigenvalue weighted by Gasteiger charge is 2.48. The zero-order chi connectivity index (χ0) is 36.6. The average molecular weight is 745 g/mol. The fourth-order valence-electron chi connectivity index (χ4n) is 11.3. The molecule has 2 aliphatic carbocycles. The number of halogens is 1. The van der Waals surface area contributed by atoms with Crippen LogP contribution in [0.3, 0.4) is 0 Å². The van der Waals surface area contributed by atoms with E-state index >= 15 is 0 Å². The van der Waals surface area contributed by atoms with Crippen LogP contribution >= 0.6 is 11.6 Å². The molecule has 4 aromatic rings. The number of hydrogen-bond acceptors (Lipinski definition) is 7. The van der Waals surface area contributed by atoms with Crippen LogP contribution in [0.25, 0.3) is 16.6 Å². The zero-order valence-electron chi connectivity index (χ0n) is 31.0. The van der Waals surface area contributed by atoms with Gasteiger partial charge in [-0.05, 0) is 116 Å². The van der Waals surface area contributed by atoms with Crippen LogP contribution in [-0.4, -0.2) is 64.0 Å². The van der Waals surface area contributed by atoms with E-state index < -0.39 is 0 Å². The van der Waals surface area contributed by atoms with Crippen molar-refractivity contribution in [1.82, 2.24) is 24.8 Å². The molecule has 1 unspecified atom stereocenters. The van der Waals surface area contributed by atoms with Crippen LogP contribution in [0.2, 0.25) is 5.02 Å². The molecule has 3 saturated heterocycles. The zero-order valence-corrected chi connectivity index (χ0v) is 31.8. The highest BCUT2D eigenvalue weighted by atomic mass is 35.5. The number of hydrogen-bond donors (Lipinski definition) is 1. The first-order chi connectivity index (χ1) is 26.3. The molecule has 0 bridgehead atoms. The molecule has 2 amide bonds. The molecule has 2 saturated carbocycles. The van der Waals surface area contributed by atoms with Crippen molar-refractivity contribution in [1.29, 1.82) is 0 Å². The van der Waals surface area contributed by atoms with Crippen LogP contribution < -0.4 is 15.8 Å². The number of rotatable bonds is 5. The summed E-state index contributed by atoms with van der Waals surface area (Å²) < 4.78 is 2.29. The number of pyridine rings is 1. The number of piperidine rings is 2. The number of likely N-dealkylation sites (tertiary alicyclic amines) is 1. The number of carbonyl (C=O) groups excluding carboxylic acids is 2. The van der Waals surface area contributed by atoms with Crippen LogP contribution in [0, 0.1) is 11.3 Å². The standard InChI is InChI=1S/C44H49ClN6O3/c45-34-5-4-6-36-39(34)41(54)48-42-44(17-2-1-3-18-44)33-14-11-30(23-37(33)51(36)42)29-9-7-28(8-10-29)25-49-26-43(27-49)19-21-50(22-20-43)31-12-15-35(46-24-31)32-13-16-38(52)47-40(32)53/h4-6,11-12,14-15,23-24,28-29,32H,1-3,7-10,13,16-22,25-27H2,(H,47,52,53). The van der Waals surface area contributed by atoms with Gasteiger partial charge in [-0.3, -0.25) is 29.3 Å². The smallest absolute Gasteiger partial charge is 0.282 e. The molecule has 0 radical (unpaired) electrons. The summed E-state index contributed by atoms with van der Waals surface area (Å²) in [5.74, 6) is 1.48. The van der Waals surface area contributed by atoms with E-state index in [1.54, 1.807) is 6.07 Å². The van der Waals surface area contributed by atoms with Gasteiger partial charge in [-0.1, -0.05) is 49.1 Å². The number of aromatic nitrogens is 3. The van der Waals surface area contributed by atoms with E-state index in [0.29, 0.717) is 34.6 Å². The first kappa shape index (κ1) is 34.4. The number of carbonyl (C=O) groups is 2. The van der Waals surface area contributed by atoms with Gasteiger partial charge in [0.15, 0.2) is 0 Å². The van der Waals surface area contributed by atoms with Crippen molar-refractivity contribution in [2.75, 3.05) is 37.6 Å². The number of amides is 2. The van der Waals surface area contributed by atoms with Gasteiger partial charge >= 0.3 is 0 Å². The minimum atomic E-state index is -0.336. The Kier molecular flexibility index (Phi) is 8.47. The summed E-state index contributed by atoms with van der Waals surface area (Å²) >= 11 is 6.61. The Balaban J connectivity index is 0.760. The molecular weight excluding hydrogens is 696 g/mol. The third-order valence-corrected chi connectivity index (χ3v) is 14.6. The minimum Gasteiger partial charge on any atom is -0.370 e. The highest BCUT2D eigenvalue weighted by molar-refractivity contribution is 6.35.